The Morgan fingerprint density at radius 2 is 2.12 bits per heavy atom. The molecule has 2 amide bonds. The Morgan fingerprint density at radius 3 is 2.76 bits per heavy atom. The van der Waals surface area contributed by atoms with E-state index in [9.17, 15) is 18.4 Å². The molecule has 0 aliphatic carbocycles. The van der Waals surface area contributed by atoms with Crippen LogP contribution < -0.4 is 11.1 Å². The Hall–Kier alpha value is -3.54. The molecule has 4 rings (SSSR count). The number of halogens is 3. The van der Waals surface area contributed by atoms with E-state index in [0.717, 1.165) is 18.5 Å². The number of rotatable bonds is 5. The number of carbonyl (C=O) groups excluding carboxylic acids is 2. The first-order chi connectivity index (χ1) is 15.7. The zero-order valence-corrected chi connectivity index (χ0v) is 17.8. The molecule has 0 saturated carbocycles. The van der Waals surface area contributed by atoms with Crippen LogP contribution in [0.5, 0.6) is 0 Å². The third kappa shape index (κ3) is 3.80. The highest BCUT2D eigenvalue weighted by molar-refractivity contribution is 6.03. The minimum Gasteiger partial charge on any atom is -0.375 e. The number of fused-ring (bicyclic) bond motifs is 1. The molecule has 0 radical (unpaired) electrons. The fourth-order valence-electron chi connectivity index (χ4n) is 4.21. The van der Waals surface area contributed by atoms with E-state index >= 15 is 4.39 Å². The molecule has 0 spiro atoms. The standard InChI is InChI=1S/C21H21F3N6O3/c1-3-30-19(32)16-10(2)33-9-21(16,29-20(30)25)12-6-11(4-5-13(12)22)28-18(31)15-8-26-14(7-27-15)17(23)24/h4-8,10,16-17H,3,9H2,1-2H3,(H2,25,29)(H,28,31). The molecule has 0 bridgehead atoms. The van der Waals surface area contributed by atoms with Crippen molar-refractivity contribution in [2.75, 3.05) is 18.5 Å². The van der Waals surface area contributed by atoms with E-state index in [1.165, 1.54) is 17.0 Å². The minimum absolute atomic E-state index is 0.0420. The number of nitrogens with one attached hydrogen (secondary N) is 1. The molecule has 3 atom stereocenters. The van der Waals surface area contributed by atoms with Crippen LogP contribution in [0.1, 0.15) is 42.0 Å². The second-order valence-electron chi connectivity index (χ2n) is 7.75. The van der Waals surface area contributed by atoms with Crippen LogP contribution in [0, 0.1) is 11.7 Å². The van der Waals surface area contributed by atoms with Gasteiger partial charge < -0.3 is 15.8 Å². The number of nitrogens with two attached hydrogens (primary N) is 1. The molecule has 9 nitrogen and oxygen atoms in total. The summed E-state index contributed by atoms with van der Waals surface area (Å²) in [5.41, 5.74) is 4.09. The number of hydrogen-bond donors (Lipinski definition) is 2. The fraction of sp³-hybridized carbons (Fsp3) is 0.381. The maximum absolute atomic E-state index is 15.0. The van der Waals surface area contributed by atoms with Gasteiger partial charge in [-0.1, -0.05) is 0 Å². The Morgan fingerprint density at radius 1 is 1.36 bits per heavy atom. The van der Waals surface area contributed by atoms with E-state index in [-0.39, 0.29) is 35.4 Å². The molecular weight excluding hydrogens is 441 g/mol. The van der Waals surface area contributed by atoms with Crippen molar-refractivity contribution >= 4 is 23.5 Å². The summed E-state index contributed by atoms with van der Waals surface area (Å²) in [6.07, 6.45) is -1.62. The number of amides is 2. The van der Waals surface area contributed by atoms with Crippen molar-refractivity contribution in [3.8, 4) is 0 Å². The summed E-state index contributed by atoms with van der Waals surface area (Å²) >= 11 is 0. The quantitative estimate of drug-likeness (QED) is 0.703. The van der Waals surface area contributed by atoms with Crippen LogP contribution in [0.4, 0.5) is 18.9 Å². The Balaban J connectivity index is 1.69. The number of carbonyl (C=O) groups is 2. The number of anilines is 1. The molecule has 12 heteroatoms. The lowest BCUT2D eigenvalue weighted by Crippen LogP contribution is -2.57. The second kappa shape index (κ2) is 8.43. The third-order valence-electron chi connectivity index (χ3n) is 5.81. The number of guanidine groups is 1. The molecule has 2 aromatic rings. The summed E-state index contributed by atoms with van der Waals surface area (Å²) in [7, 11) is 0. The first-order valence-electron chi connectivity index (χ1n) is 10.2. The van der Waals surface area contributed by atoms with Gasteiger partial charge in [0.15, 0.2) is 5.96 Å². The summed E-state index contributed by atoms with van der Waals surface area (Å²) in [6, 6.07) is 3.81. The predicted octanol–water partition coefficient (Wildman–Crippen LogP) is 2.21. The number of aromatic nitrogens is 2. The second-order valence-corrected chi connectivity index (χ2v) is 7.75. The Labute approximate surface area is 186 Å². The van der Waals surface area contributed by atoms with E-state index in [1.807, 2.05) is 0 Å². The van der Waals surface area contributed by atoms with Crippen LogP contribution in [0.25, 0.3) is 0 Å². The zero-order valence-electron chi connectivity index (χ0n) is 17.8. The summed E-state index contributed by atoms with van der Waals surface area (Å²) in [6.45, 7) is 3.69. The summed E-state index contributed by atoms with van der Waals surface area (Å²) in [4.78, 5) is 38.6. The highest BCUT2D eigenvalue weighted by Gasteiger charge is 2.58. The van der Waals surface area contributed by atoms with Crippen LogP contribution in [0.15, 0.2) is 35.6 Å². The third-order valence-corrected chi connectivity index (χ3v) is 5.81. The number of alkyl halides is 2. The summed E-state index contributed by atoms with van der Waals surface area (Å²) in [5, 5.41) is 2.53. The molecular formula is C21H21F3N6O3. The van der Waals surface area contributed by atoms with Gasteiger partial charge in [-0.05, 0) is 32.0 Å². The topological polar surface area (TPSA) is 123 Å². The minimum atomic E-state index is -2.81. The Bertz CT molecular complexity index is 1130. The van der Waals surface area contributed by atoms with Gasteiger partial charge in [0.05, 0.1) is 31.0 Å². The van der Waals surface area contributed by atoms with Gasteiger partial charge in [-0.3, -0.25) is 19.5 Å². The molecule has 3 unspecified atom stereocenters. The van der Waals surface area contributed by atoms with Crippen molar-refractivity contribution in [3.05, 3.63) is 53.4 Å². The number of hydrogen-bond acceptors (Lipinski definition) is 7. The maximum atomic E-state index is 15.0. The fourth-order valence-corrected chi connectivity index (χ4v) is 4.21. The van der Waals surface area contributed by atoms with Gasteiger partial charge in [-0.2, -0.15) is 0 Å². The monoisotopic (exact) mass is 462 g/mol. The SMILES string of the molecule is CCN1C(=O)C2C(C)OCC2(c2cc(NC(=O)c3cnc(C(F)F)cn3)ccc2F)N=C1N. The molecule has 1 aromatic heterocycles. The largest absolute Gasteiger partial charge is 0.375 e. The van der Waals surface area contributed by atoms with Crippen LogP contribution in [0.3, 0.4) is 0 Å². The van der Waals surface area contributed by atoms with Gasteiger partial charge >= 0.3 is 0 Å². The lowest BCUT2D eigenvalue weighted by atomic mass is 9.76. The number of nitrogens with zero attached hydrogens (tertiary/aromatic N) is 4. The zero-order chi connectivity index (χ0) is 23.9. The highest BCUT2D eigenvalue weighted by atomic mass is 19.3. The predicted molar refractivity (Wildman–Crippen MR) is 111 cm³/mol. The van der Waals surface area contributed by atoms with Gasteiger partial charge in [0.2, 0.25) is 5.91 Å². The molecule has 174 valence electrons. The average Bonchev–Trinajstić information content (AvgIpc) is 3.12. The lowest BCUT2D eigenvalue weighted by molar-refractivity contribution is -0.135. The first-order valence-corrected chi connectivity index (χ1v) is 10.2. The molecule has 1 fully saturated rings. The molecule has 3 heterocycles. The van der Waals surface area contributed by atoms with Crippen molar-refractivity contribution in [1.82, 2.24) is 14.9 Å². The van der Waals surface area contributed by atoms with E-state index in [2.05, 4.69) is 20.3 Å². The normalized spacial score (nSPS) is 24.6. The van der Waals surface area contributed by atoms with Gasteiger partial charge in [-0.25, -0.2) is 23.1 Å². The van der Waals surface area contributed by atoms with Gasteiger partial charge in [0.25, 0.3) is 12.3 Å². The summed E-state index contributed by atoms with van der Waals surface area (Å²) < 4.78 is 46.0. The van der Waals surface area contributed by atoms with Crippen molar-refractivity contribution in [3.63, 3.8) is 0 Å². The van der Waals surface area contributed by atoms with Crippen molar-refractivity contribution in [1.29, 1.82) is 0 Å². The van der Waals surface area contributed by atoms with E-state index in [1.54, 1.807) is 13.8 Å². The van der Waals surface area contributed by atoms with Crippen molar-refractivity contribution in [2.24, 2.45) is 16.6 Å². The van der Waals surface area contributed by atoms with Gasteiger partial charge in [0, 0.05) is 17.8 Å². The van der Waals surface area contributed by atoms with Gasteiger partial charge in [-0.15, -0.1) is 0 Å². The van der Waals surface area contributed by atoms with E-state index < -0.39 is 41.4 Å². The lowest BCUT2D eigenvalue weighted by Gasteiger charge is -2.39. The molecule has 2 aliphatic rings. The molecule has 3 N–H and O–H groups in total. The van der Waals surface area contributed by atoms with Crippen LogP contribution >= 0.6 is 0 Å². The first kappa shape index (κ1) is 22.6. The van der Waals surface area contributed by atoms with E-state index in [0.29, 0.717) is 6.54 Å². The maximum Gasteiger partial charge on any atom is 0.281 e. The molecule has 1 saturated heterocycles. The number of ether oxygens (including phenoxy) is 1. The summed E-state index contributed by atoms with van der Waals surface area (Å²) in [5.74, 6) is -2.55. The van der Waals surface area contributed by atoms with Gasteiger partial charge in [0.1, 0.15) is 22.7 Å². The van der Waals surface area contributed by atoms with Crippen LogP contribution in [0.2, 0.25) is 0 Å². The average molecular weight is 462 g/mol. The smallest absolute Gasteiger partial charge is 0.281 e. The molecule has 1 aromatic carbocycles. The van der Waals surface area contributed by atoms with Crippen LogP contribution in [-0.4, -0.2) is 51.9 Å². The van der Waals surface area contributed by atoms with Crippen molar-refractivity contribution in [2.45, 2.75) is 31.9 Å². The molecule has 33 heavy (non-hydrogen) atoms. The van der Waals surface area contributed by atoms with E-state index in [4.69, 9.17) is 10.5 Å². The highest BCUT2D eigenvalue weighted by Crippen LogP contribution is 2.47. The van der Waals surface area contributed by atoms with Crippen molar-refractivity contribution < 1.29 is 27.5 Å². The van der Waals surface area contributed by atoms with Crippen LogP contribution in [-0.2, 0) is 15.1 Å². The number of benzene rings is 1. The number of aliphatic imine (C=N–C) groups is 1. The molecule has 2 aliphatic heterocycles. The Kier molecular flexibility index (Phi) is 5.78.